The molecule has 0 aliphatic rings. The van der Waals surface area contributed by atoms with Gasteiger partial charge in [0.2, 0.25) is 0 Å². The summed E-state index contributed by atoms with van der Waals surface area (Å²) in [6, 6.07) is 6.02. The van der Waals surface area contributed by atoms with Crippen LogP contribution in [0.2, 0.25) is 0 Å². The summed E-state index contributed by atoms with van der Waals surface area (Å²) in [5.74, 6) is 0.550. The van der Waals surface area contributed by atoms with Crippen LogP contribution in [0.3, 0.4) is 0 Å². The van der Waals surface area contributed by atoms with E-state index in [9.17, 15) is 0 Å². The van der Waals surface area contributed by atoms with Crippen molar-refractivity contribution in [1.82, 2.24) is 15.3 Å². The summed E-state index contributed by atoms with van der Waals surface area (Å²) in [6.07, 6.45) is 4.63. The van der Waals surface area contributed by atoms with E-state index in [1.165, 1.54) is 0 Å². The Balaban J connectivity index is 2.41. The Morgan fingerprint density at radius 1 is 1.30 bits per heavy atom. The predicted octanol–water partition coefficient (Wildman–Crippen LogP) is 3.22. The van der Waals surface area contributed by atoms with Gasteiger partial charge in [-0.1, -0.05) is 6.92 Å². The third-order valence-corrected chi connectivity index (χ3v) is 3.51. The number of nitrogens with zero attached hydrogens (tertiary/aromatic N) is 2. The maximum absolute atomic E-state index is 6.04. The highest BCUT2D eigenvalue weighted by molar-refractivity contribution is 9.10. The number of pyridine rings is 2. The number of nitrogens with one attached hydrogen (secondary N) is 1. The molecule has 0 saturated heterocycles. The molecule has 2 rings (SSSR count). The summed E-state index contributed by atoms with van der Waals surface area (Å²) < 4.78 is 0.964. The molecule has 0 aliphatic heterocycles. The van der Waals surface area contributed by atoms with Crippen molar-refractivity contribution in [3.05, 3.63) is 51.9 Å². The average Bonchev–Trinajstić information content (AvgIpc) is 2.44. The highest BCUT2D eigenvalue weighted by Crippen LogP contribution is 2.25. The molecule has 1 atom stereocenters. The lowest BCUT2D eigenvalue weighted by Crippen LogP contribution is -2.25. The second-order valence-corrected chi connectivity index (χ2v) is 5.69. The maximum Gasteiger partial charge on any atom is 0.128 e. The van der Waals surface area contributed by atoms with E-state index >= 15 is 0 Å². The zero-order valence-corrected chi connectivity index (χ0v) is 13.3. The van der Waals surface area contributed by atoms with Gasteiger partial charge in [0.25, 0.3) is 0 Å². The van der Waals surface area contributed by atoms with Crippen LogP contribution in [-0.2, 0) is 0 Å². The molecule has 0 aromatic carbocycles. The van der Waals surface area contributed by atoms with E-state index in [1.54, 1.807) is 12.4 Å². The van der Waals surface area contributed by atoms with Crippen LogP contribution >= 0.6 is 15.9 Å². The Labute approximate surface area is 128 Å². The van der Waals surface area contributed by atoms with Crippen molar-refractivity contribution in [2.45, 2.75) is 26.3 Å². The topological polar surface area (TPSA) is 63.8 Å². The number of aromatic nitrogens is 2. The minimum Gasteiger partial charge on any atom is -0.383 e. The highest BCUT2D eigenvalue weighted by atomic mass is 79.9. The Morgan fingerprint density at radius 3 is 2.75 bits per heavy atom. The minimum absolute atomic E-state index is 0.0320. The van der Waals surface area contributed by atoms with Crippen LogP contribution in [-0.4, -0.2) is 16.5 Å². The third-order valence-electron chi connectivity index (χ3n) is 3.04. The van der Waals surface area contributed by atoms with Crippen molar-refractivity contribution in [2.24, 2.45) is 0 Å². The summed E-state index contributed by atoms with van der Waals surface area (Å²) in [7, 11) is 0. The van der Waals surface area contributed by atoms with Gasteiger partial charge in [-0.15, -0.1) is 0 Å². The first-order valence-corrected chi connectivity index (χ1v) is 7.48. The summed E-state index contributed by atoms with van der Waals surface area (Å²) in [5.41, 5.74) is 9.06. The Bertz CT molecular complexity index is 569. The molecule has 20 heavy (non-hydrogen) atoms. The number of nitrogen functional groups attached to an aromatic ring is 1. The molecule has 0 saturated carbocycles. The molecule has 3 N–H and O–H groups in total. The first-order chi connectivity index (χ1) is 9.61. The molecule has 5 heteroatoms. The van der Waals surface area contributed by atoms with Crippen LogP contribution in [0.15, 0.2) is 35.1 Å². The molecule has 106 valence electrons. The number of halogens is 1. The van der Waals surface area contributed by atoms with Gasteiger partial charge in [-0.05, 0) is 59.6 Å². The van der Waals surface area contributed by atoms with Crippen molar-refractivity contribution < 1.29 is 0 Å². The van der Waals surface area contributed by atoms with Gasteiger partial charge in [0, 0.05) is 22.4 Å². The normalized spacial score (nSPS) is 12.3. The second-order valence-electron chi connectivity index (χ2n) is 4.78. The number of aryl methyl sites for hydroxylation is 1. The van der Waals surface area contributed by atoms with Crippen molar-refractivity contribution in [3.63, 3.8) is 0 Å². The first kappa shape index (κ1) is 14.9. The Kier molecular flexibility index (Phi) is 5.09. The molecule has 4 nitrogen and oxygen atoms in total. The molecule has 0 amide bonds. The number of rotatable bonds is 5. The van der Waals surface area contributed by atoms with Crippen molar-refractivity contribution in [1.29, 1.82) is 0 Å². The molecule has 0 fully saturated rings. The van der Waals surface area contributed by atoms with E-state index in [2.05, 4.69) is 44.2 Å². The van der Waals surface area contributed by atoms with Crippen molar-refractivity contribution in [2.75, 3.05) is 12.3 Å². The van der Waals surface area contributed by atoms with Crippen LogP contribution < -0.4 is 11.1 Å². The number of hydrogen-bond acceptors (Lipinski definition) is 4. The van der Waals surface area contributed by atoms with E-state index < -0.39 is 0 Å². The van der Waals surface area contributed by atoms with Gasteiger partial charge in [0.1, 0.15) is 5.82 Å². The van der Waals surface area contributed by atoms with Crippen LogP contribution in [0, 0.1) is 6.92 Å². The largest absolute Gasteiger partial charge is 0.383 e. The molecule has 0 bridgehead atoms. The van der Waals surface area contributed by atoms with Gasteiger partial charge < -0.3 is 11.1 Å². The SMILES string of the molecule is CCCNC(c1ccc(Br)cn1)c1cc(C)cnc1N. The number of anilines is 1. The van der Waals surface area contributed by atoms with Gasteiger partial charge in [-0.2, -0.15) is 0 Å². The predicted molar refractivity (Wildman–Crippen MR) is 85.5 cm³/mol. The lowest BCUT2D eigenvalue weighted by molar-refractivity contribution is 0.586. The van der Waals surface area contributed by atoms with Crippen molar-refractivity contribution in [3.8, 4) is 0 Å². The van der Waals surface area contributed by atoms with E-state index in [0.717, 1.165) is 34.3 Å². The monoisotopic (exact) mass is 334 g/mol. The summed E-state index contributed by atoms with van der Waals surface area (Å²) in [6.45, 7) is 5.05. The second kappa shape index (κ2) is 6.81. The average molecular weight is 335 g/mol. The fourth-order valence-corrected chi connectivity index (χ4v) is 2.29. The third kappa shape index (κ3) is 3.55. The highest BCUT2D eigenvalue weighted by Gasteiger charge is 2.18. The van der Waals surface area contributed by atoms with E-state index in [4.69, 9.17) is 5.73 Å². The lowest BCUT2D eigenvalue weighted by Gasteiger charge is -2.20. The fourth-order valence-electron chi connectivity index (χ4n) is 2.05. The molecule has 2 aromatic heterocycles. The van der Waals surface area contributed by atoms with Gasteiger partial charge in [-0.25, -0.2) is 4.98 Å². The molecule has 1 unspecified atom stereocenters. The molecular weight excluding hydrogens is 316 g/mol. The Morgan fingerprint density at radius 2 is 2.10 bits per heavy atom. The van der Waals surface area contributed by atoms with Gasteiger partial charge in [-0.3, -0.25) is 4.98 Å². The van der Waals surface area contributed by atoms with E-state index in [0.29, 0.717) is 5.82 Å². The number of hydrogen-bond donors (Lipinski definition) is 2. The summed E-state index contributed by atoms with van der Waals surface area (Å²) in [5, 5.41) is 3.49. The van der Waals surface area contributed by atoms with E-state index in [1.807, 2.05) is 19.1 Å². The van der Waals surface area contributed by atoms with Gasteiger partial charge in [0.05, 0.1) is 11.7 Å². The zero-order valence-electron chi connectivity index (χ0n) is 11.7. The fraction of sp³-hybridized carbons (Fsp3) is 0.333. The van der Waals surface area contributed by atoms with Crippen LogP contribution in [0.1, 0.15) is 36.2 Å². The standard InChI is InChI=1S/C15H19BrN4/c1-3-6-18-14(13-5-4-11(16)9-19-13)12-7-10(2)8-20-15(12)17/h4-5,7-9,14,18H,3,6H2,1-2H3,(H2,17,20). The van der Waals surface area contributed by atoms with Gasteiger partial charge >= 0.3 is 0 Å². The smallest absolute Gasteiger partial charge is 0.128 e. The molecule has 0 radical (unpaired) electrons. The molecule has 0 spiro atoms. The van der Waals surface area contributed by atoms with Crippen LogP contribution in [0.4, 0.5) is 5.82 Å². The maximum atomic E-state index is 6.04. The molecule has 2 heterocycles. The van der Waals surface area contributed by atoms with Crippen LogP contribution in [0.25, 0.3) is 0 Å². The van der Waals surface area contributed by atoms with Crippen molar-refractivity contribution >= 4 is 21.7 Å². The molecule has 2 aromatic rings. The summed E-state index contributed by atoms with van der Waals surface area (Å²) >= 11 is 3.41. The number of nitrogens with two attached hydrogens (primary N) is 1. The van der Waals surface area contributed by atoms with Crippen LogP contribution in [0.5, 0.6) is 0 Å². The zero-order chi connectivity index (χ0) is 14.5. The first-order valence-electron chi connectivity index (χ1n) is 6.68. The quantitative estimate of drug-likeness (QED) is 0.881. The Hall–Kier alpha value is -1.46. The minimum atomic E-state index is -0.0320. The summed E-state index contributed by atoms with van der Waals surface area (Å²) in [4.78, 5) is 8.74. The molecular formula is C15H19BrN4. The van der Waals surface area contributed by atoms with Gasteiger partial charge in [0.15, 0.2) is 0 Å². The van der Waals surface area contributed by atoms with E-state index in [-0.39, 0.29) is 6.04 Å². The lowest BCUT2D eigenvalue weighted by atomic mass is 10.0. The molecule has 0 aliphatic carbocycles.